The van der Waals surface area contributed by atoms with Crippen LogP contribution >= 0.6 is 11.6 Å². The predicted molar refractivity (Wildman–Crippen MR) is 143 cm³/mol. The molecule has 2 fully saturated rings. The van der Waals surface area contributed by atoms with Crippen molar-refractivity contribution in [1.82, 2.24) is 15.3 Å². The number of rotatable bonds is 10. The molecule has 0 aromatic carbocycles. The molecule has 190 valence electrons. The minimum atomic E-state index is -0.0831. The number of nitriles is 1. The highest BCUT2D eigenvalue weighted by Gasteiger charge is 2.42. The quantitative estimate of drug-likeness (QED) is 0.323. The zero-order chi connectivity index (χ0) is 25.6. The molecule has 1 aliphatic heterocycles. The Balaban J connectivity index is 1.54. The molecule has 2 unspecified atom stereocenters. The lowest BCUT2D eigenvalue weighted by atomic mass is 9.76. The molecule has 1 saturated heterocycles. The fourth-order valence-corrected chi connectivity index (χ4v) is 4.56. The number of halogens is 1. The third-order valence-corrected chi connectivity index (χ3v) is 7.15. The molecule has 0 amide bonds. The van der Waals surface area contributed by atoms with Gasteiger partial charge in [0.2, 0.25) is 0 Å². The minimum Gasteiger partial charge on any atom is -0.371 e. The van der Waals surface area contributed by atoms with E-state index in [0.717, 1.165) is 51.1 Å². The van der Waals surface area contributed by atoms with Gasteiger partial charge in [-0.3, -0.25) is 0 Å². The highest BCUT2D eigenvalue weighted by atomic mass is 35.5. The lowest BCUT2D eigenvalue weighted by Crippen LogP contribution is -2.46. The van der Waals surface area contributed by atoms with Gasteiger partial charge in [-0.25, -0.2) is 9.97 Å². The molecule has 35 heavy (non-hydrogen) atoms. The number of anilines is 2. The molecule has 2 heterocycles. The first-order valence-electron chi connectivity index (χ1n) is 12.5. The highest BCUT2D eigenvalue weighted by Crippen LogP contribution is 2.37. The van der Waals surface area contributed by atoms with Gasteiger partial charge in [0.15, 0.2) is 0 Å². The number of nitrogens with one attached hydrogen (secondary N) is 2. The van der Waals surface area contributed by atoms with Crippen LogP contribution in [0.5, 0.6) is 0 Å². The fraction of sp³-hybridized carbons (Fsp3) is 0.593. The molecule has 1 saturated carbocycles. The van der Waals surface area contributed by atoms with Crippen molar-refractivity contribution in [2.45, 2.75) is 78.0 Å². The van der Waals surface area contributed by atoms with Crippen molar-refractivity contribution in [2.24, 2.45) is 5.41 Å². The predicted octanol–water partition coefficient (Wildman–Crippen LogP) is 5.54. The summed E-state index contributed by atoms with van der Waals surface area (Å²) in [6.45, 7) is 17.4. The molecular weight excluding hydrogens is 460 g/mol. The smallest absolute Gasteiger partial charge is 0.135 e. The Morgan fingerprint density at radius 3 is 2.69 bits per heavy atom. The van der Waals surface area contributed by atoms with Gasteiger partial charge in [-0.2, -0.15) is 5.26 Å². The van der Waals surface area contributed by atoms with Crippen molar-refractivity contribution in [3.63, 3.8) is 0 Å². The topological polar surface area (TPSA) is 86.1 Å². The highest BCUT2D eigenvalue weighted by molar-refractivity contribution is 6.32. The third-order valence-electron chi connectivity index (χ3n) is 6.82. The molecule has 8 heteroatoms. The van der Waals surface area contributed by atoms with Gasteiger partial charge in [-0.15, -0.1) is 0 Å². The minimum absolute atomic E-state index is 0.0831. The maximum Gasteiger partial charge on any atom is 0.135 e. The number of hydrogen-bond acceptors (Lipinski definition) is 7. The van der Waals surface area contributed by atoms with Gasteiger partial charge < -0.3 is 20.3 Å². The van der Waals surface area contributed by atoms with Crippen molar-refractivity contribution >= 4 is 23.2 Å². The summed E-state index contributed by atoms with van der Waals surface area (Å²) < 4.78 is 6.10. The van der Waals surface area contributed by atoms with E-state index in [1.807, 2.05) is 6.07 Å². The first kappa shape index (κ1) is 27.2. The van der Waals surface area contributed by atoms with Gasteiger partial charge in [-0.1, -0.05) is 31.2 Å². The Kier molecular flexibility index (Phi) is 8.98. The van der Waals surface area contributed by atoms with Crippen LogP contribution in [0.2, 0.25) is 0 Å². The second kappa shape index (κ2) is 11.6. The average Bonchev–Trinajstić information content (AvgIpc) is 3.57. The molecule has 0 bridgehead atoms. The summed E-state index contributed by atoms with van der Waals surface area (Å²) >= 11 is 6.31. The van der Waals surface area contributed by atoms with Crippen LogP contribution in [0.4, 0.5) is 11.6 Å². The summed E-state index contributed by atoms with van der Waals surface area (Å²) in [4.78, 5) is 11.1. The molecule has 0 spiro atoms. The molecule has 1 aromatic rings. The molecule has 2 atom stereocenters. The molecular formula is C27H39ClN6O. The largest absolute Gasteiger partial charge is 0.371 e. The van der Waals surface area contributed by atoms with Gasteiger partial charge in [0.25, 0.3) is 0 Å². The fourth-order valence-electron chi connectivity index (χ4n) is 4.39. The molecule has 0 radical (unpaired) electrons. The first-order chi connectivity index (χ1) is 16.6. The Bertz CT molecular complexity index is 998. The molecule has 7 nitrogen and oxygen atoms in total. The van der Waals surface area contributed by atoms with E-state index >= 15 is 0 Å². The number of ether oxygens (including phenoxy) is 1. The summed E-state index contributed by atoms with van der Waals surface area (Å²) in [6.07, 6.45) is 9.68. The average molecular weight is 499 g/mol. The molecule has 1 aliphatic carbocycles. The van der Waals surface area contributed by atoms with Crippen LogP contribution in [0.1, 0.15) is 60.3 Å². The Labute approximate surface area is 215 Å². The van der Waals surface area contributed by atoms with Gasteiger partial charge in [0, 0.05) is 37.3 Å². The van der Waals surface area contributed by atoms with Crippen LogP contribution < -0.4 is 15.5 Å². The van der Waals surface area contributed by atoms with E-state index in [9.17, 15) is 0 Å². The Hall–Kier alpha value is -2.40. The summed E-state index contributed by atoms with van der Waals surface area (Å²) in [5, 5.41) is 16.4. The zero-order valence-corrected chi connectivity index (χ0v) is 22.5. The van der Waals surface area contributed by atoms with Gasteiger partial charge in [0.1, 0.15) is 18.0 Å². The van der Waals surface area contributed by atoms with Crippen LogP contribution in [-0.2, 0) is 4.74 Å². The second-order valence-corrected chi connectivity index (χ2v) is 11.0. The van der Waals surface area contributed by atoms with E-state index in [-0.39, 0.29) is 5.60 Å². The van der Waals surface area contributed by atoms with E-state index in [2.05, 4.69) is 65.8 Å². The summed E-state index contributed by atoms with van der Waals surface area (Å²) in [6, 6.07) is 4.49. The van der Waals surface area contributed by atoms with E-state index in [4.69, 9.17) is 21.6 Å². The van der Waals surface area contributed by atoms with Crippen LogP contribution in [0.3, 0.4) is 0 Å². The molecule has 3 rings (SSSR count). The summed E-state index contributed by atoms with van der Waals surface area (Å²) in [5.74, 6) is 1.51. The van der Waals surface area contributed by atoms with Gasteiger partial charge in [-0.05, 0) is 64.9 Å². The van der Waals surface area contributed by atoms with Crippen LogP contribution in [-0.4, -0.2) is 47.3 Å². The van der Waals surface area contributed by atoms with Crippen LogP contribution in [0, 0.1) is 16.7 Å². The maximum absolute atomic E-state index is 9.09. The van der Waals surface area contributed by atoms with Crippen molar-refractivity contribution < 1.29 is 4.74 Å². The third kappa shape index (κ3) is 7.79. The Morgan fingerprint density at radius 1 is 1.37 bits per heavy atom. The SMILES string of the molecule is C=C(Nc1cc(N2CCC(CC)(CNC3CC3OC(C)(C)C)CC2)ncn1)/C(Cl)=C\C(C#N)=C/C. The number of aromatic nitrogens is 2. The van der Waals surface area contributed by atoms with Crippen molar-refractivity contribution in [3.05, 3.63) is 47.4 Å². The second-order valence-electron chi connectivity index (χ2n) is 10.5. The number of nitrogens with zero attached hydrogens (tertiary/aromatic N) is 4. The molecule has 2 aliphatic rings. The molecule has 2 N–H and O–H groups in total. The van der Waals surface area contributed by atoms with E-state index in [0.29, 0.717) is 39.7 Å². The lowest BCUT2D eigenvalue weighted by molar-refractivity contribution is -0.0195. The molecule has 1 aromatic heterocycles. The summed E-state index contributed by atoms with van der Waals surface area (Å²) in [7, 11) is 0. The van der Waals surface area contributed by atoms with E-state index in [1.165, 1.54) is 0 Å². The lowest BCUT2D eigenvalue weighted by Gasteiger charge is -2.42. The number of allylic oxidation sites excluding steroid dienone is 4. The maximum atomic E-state index is 9.09. The number of hydrogen-bond donors (Lipinski definition) is 2. The Morgan fingerprint density at radius 2 is 2.09 bits per heavy atom. The van der Waals surface area contributed by atoms with Crippen LogP contribution in [0.25, 0.3) is 0 Å². The number of piperidine rings is 1. The monoisotopic (exact) mass is 498 g/mol. The standard InChI is InChI=1S/C27H39ClN6O/c1-7-20(16-29)13-21(28)19(3)33-24-15-25(32-18-31-24)34-11-9-27(8-2,10-12-34)17-30-22-14-23(22)35-26(4,5)6/h7,13,15,18,22-23,30H,3,8-12,14,17H2,1-2,4-6H3,(H,31,32,33)/b20-7+,21-13+. The van der Waals surface area contributed by atoms with Crippen LogP contribution in [0.15, 0.2) is 47.4 Å². The van der Waals surface area contributed by atoms with Crippen molar-refractivity contribution in [3.8, 4) is 6.07 Å². The van der Waals surface area contributed by atoms with Crippen molar-refractivity contribution in [1.29, 1.82) is 5.26 Å². The summed E-state index contributed by atoms with van der Waals surface area (Å²) in [5.41, 5.74) is 1.18. The van der Waals surface area contributed by atoms with E-state index < -0.39 is 0 Å². The van der Waals surface area contributed by atoms with Gasteiger partial charge >= 0.3 is 0 Å². The normalized spacial score (nSPS) is 22.5. The van der Waals surface area contributed by atoms with Crippen molar-refractivity contribution in [2.75, 3.05) is 29.9 Å². The van der Waals surface area contributed by atoms with E-state index in [1.54, 1.807) is 25.4 Å². The van der Waals surface area contributed by atoms with Gasteiger partial charge in [0.05, 0.1) is 28.5 Å². The zero-order valence-electron chi connectivity index (χ0n) is 21.7. The first-order valence-corrected chi connectivity index (χ1v) is 12.8.